The van der Waals surface area contributed by atoms with Crippen molar-refractivity contribution in [3.63, 3.8) is 0 Å². The third-order valence-corrected chi connectivity index (χ3v) is 9.19. The summed E-state index contributed by atoms with van der Waals surface area (Å²) in [5, 5.41) is 4.26. The number of nitrogens with zero attached hydrogens (tertiary/aromatic N) is 3. The lowest BCUT2D eigenvalue weighted by Gasteiger charge is -2.26. The first-order valence-corrected chi connectivity index (χ1v) is 16.1. The topological polar surface area (TPSA) is 47.3 Å². The fourth-order valence-corrected chi connectivity index (χ4v) is 7.16. The highest BCUT2D eigenvalue weighted by Crippen LogP contribution is 2.48. The molecule has 3 aromatic heterocycles. The Kier molecular flexibility index (Phi) is 5.81. The molecule has 48 heavy (non-hydrogen) atoms. The number of fused-ring (bicyclic) bond motifs is 8. The van der Waals surface area contributed by atoms with Gasteiger partial charge in [-0.3, -0.25) is 0 Å². The second kappa shape index (κ2) is 10.5. The first-order chi connectivity index (χ1) is 23.8. The van der Waals surface area contributed by atoms with Gasteiger partial charge in [0.1, 0.15) is 16.7 Å². The monoisotopic (exact) mass is 617 g/mol. The fourth-order valence-electron chi connectivity index (χ4n) is 7.16. The van der Waals surface area contributed by atoms with Crippen molar-refractivity contribution in [2.45, 2.75) is 0 Å². The van der Waals surface area contributed by atoms with E-state index in [1.807, 2.05) is 54.6 Å². The van der Waals surface area contributed by atoms with E-state index in [2.05, 4.69) is 119 Å². The maximum absolute atomic E-state index is 6.81. The van der Waals surface area contributed by atoms with Gasteiger partial charge in [-0.1, -0.05) is 97.1 Å². The summed E-state index contributed by atoms with van der Waals surface area (Å²) in [5.74, 6) is 0.566. The normalized spacial score (nSPS) is 11.8. The molecule has 0 saturated heterocycles. The van der Waals surface area contributed by atoms with E-state index in [9.17, 15) is 0 Å². The molecule has 10 aromatic rings. The number of benzene rings is 7. The molecule has 3 heterocycles. The Bertz CT molecular complexity index is 2780. The highest BCUT2D eigenvalue weighted by Gasteiger charge is 2.27. The molecule has 0 N–H and O–H groups in total. The molecular formula is C43H27N3O2. The van der Waals surface area contributed by atoms with Crippen molar-refractivity contribution in [2.75, 3.05) is 4.90 Å². The summed E-state index contributed by atoms with van der Waals surface area (Å²) in [7, 11) is 0. The van der Waals surface area contributed by atoms with Crippen LogP contribution in [0.5, 0.6) is 0 Å². The standard InChI is InChI=1S/C43H27N3O2/c1-4-15-28(16-5-1)43-44-41-40-32-22-11-13-26-37(32)47-38(40)27-36(42(41)48-43)46(30-19-8-3-9-20-30)35-25-14-24-34-39(35)31-21-10-12-23-33(31)45(34)29-17-6-2-7-18-29/h1-27H. The summed E-state index contributed by atoms with van der Waals surface area (Å²) in [4.78, 5) is 7.45. The Labute approximate surface area is 275 Å². The van der Waals surface area contributed by atoms with Crippen molar-refractivity contribution < 1.29 is 8.83 Å². The van der Waals surface area contributed by atoms with Crippen LogP contribution in [0.2, 0.25) is 0 Å². The molecule has 0 saturated carbocycles. The van der Waals surface area contributed by atoms with Crippen LogP contribution in [0.1, 0.15) is 0 Å². The van der Waals surface area contributed by atoms with E-state index in [4.69, 9.17) is 13.8 Å². The number of anilines is 3. The number of aromatic nitrogens is 2. The highest BCUT2D eigenvalue weighted by molar-refractivity contribution is 6.22. The average Bonchev–Trinajstić information content (AvgIpc) is 3.85. The zero-order valence-electron chi connectivity index (χ0n) is 25.7. The summed E-state index contributed by atoms with van der Waals surface area (Å²) in [5.41, 5.74) is 10.2. The van der Waals surface area contributed by atoms with Gasteiger partial charge in [0.15, 0.2) is 5.58 Å². The van der Waals surface area contributed by atoms with Crippen molar-refractivity contribution in [3.05, 3.63) is 164 Å². The molecule has 0 unspecified atom stereocenters. The van der Waals surface area contributed by atoms with Crippen LogP contribution in [0.25, 0.3) is 72.0 Å². The summed E-state index contributed by atoms with van der Waals surface area (Å²) >= 11 is 0. The third-order valence-electron chi connectivity index (χ3n) is 9.19. The van der Waals surface area contributed by atoms with Crippen LogP contribution in [-0.2, 0) is 0 Å². The van der Waals surface area contributed by atoms with Crippen LogP contribution < -0.4 is 4.90 Å². The number of oxazole rings is 1. The zero-order valence-corrected chi connectivity index (χ0v) is 25.7. The number of hydrogen-bond acceptors (Lipinski definition) is 4. The Morgan fingerprint density at radius 2 is 1.17 bits per heavy atom. The Balaban J connectivity index is 1.34. The lowest BCUT2D eigenvalue weighted by Crippen LogP contribution is -2.10. The molecule has 226 valence electrons. The van der Waals surface area contributed by atoms with Crippen molar-refractivity contribution in [1.29, 1.82) is 0 Å². The molecule has 7 aromatic carbocycles. The Morgan fingerprint density at radius 1 is 0.500 bits per heavy atom. The maximum atomic E-state index is 6.81. The predicted molar refractivity (Wildman–Crippen MR) is 196 cm³/mol. The molecule has 0 aliphatic carbocycles. The number of hydrogen-bond donors (Lipinski definition) is 0. The van der Waals surface area contributed by atoms with Crippen LogP contribution in [0.3, 0.4) is 0 Å². The lowest BCUT2D eigenvalue weighted by atomic mass is 10.1. The molecule has 0 fully saturated rings. The molecule has 0 atom stereocenters. The van der Waals surface area contributed by atoms with Crippen LogP contribution in [0, 0.1) is 0 Å². The molecule has 10 rings (SSSR count). The van der Waals surface area contributed by atoms with Gasteiger partial charge in [-0.25, -0.2) is 4.98 Å². The summed E-state index contributed by atoms with van der Waals surface area (Å²) in [6.45, 7) is 0. The lowest BCUT2D eigenvalue weighted by molar-refractivity contribution is 0.620. The molecule has 0 spiro atoms. The van der Waals surface area contributed by atoms with Crippen molar-refractivity contribution >= 4 is 71.9 Å². The molecule has 0 bridgehead atoms. The van der Waals surface area contributed by atoms with Gasteiger partial charge in [0.2, 0.25) is 5.89 Å². The van der Waals surface area contributed by atoms with Gasteiger partial charge in [0.05, 0.1) is 27.8 Å². The largest absolute Gasteiger partial charge is 0.456 e. The number of para-hydroxylation sites is 4. The minimum atomic E-state index is 0.566. The first kappa shape index (κ1) is 26.6. The van der Waals surface area contributed by atoms with E-state index in [-0.39, 0.29) is 0 Å². The maximum Gasteiger partial charge on any atom is 0.227 e. The van der Waals surface area contributed by atoms with Gasteiger partial charge in [0, 0.05) is 39.2 Å². The van der Waals surface area contributed by atoms with Gasteiger partial charge in [-0.2, -0.15) is 0 Å². The van der Waals surface area contributed by atoms with Gasteiger partial charge in [-0.15, -0.1) is 0 Å². The summed E-state index contributed by atoms with van der Waals surface area (Å²) < 4.78 is 15.7. The van der Waals surface area contributed by atoms with Gasteiger partial charge in [0.25, 0.3) is 0 Å². The second-order valence-corrected chi connectivity index (χ2v) is 12.0. The third kappa shape index (κ3) is 3.94. The fraction of sp³-hybridized carbons (Fsp3) is 0. The van der Waals surface area contributed by atoms with Crippen LogP contribution in [0.15, 0.2) is 173 Å². The molecular weight excluding hydrogens is 590 g/mol. The highest BCUT2D eigenvalue weighted by atomic mass is 16.4. The van der Waals surface area contributed by atoms with E-state index in [1.54, 1.807) is 0 Å². The van der Waals surface area contributed by atoms with Crippen molar-refractivity contribution in [3.8, 4) is 17.1 Å². The van der Waals surface area contributed by atoms with Gasteiger partial charge >= 0.3 is 0 Å². The zero-order chi connectivity index (χ0) is 31.6. The Morgan fingerprint density at radius 3 is 1.98 bits per heavy atom. The van der Waals surface area contributed by atoms with E-state index in [0.717, 1.165) is 77.6 Å². The van der Waals surface area contributed by atoms with Crippen LogP contribution in [0.4, 0.5) is 17.1 Å². The predicted octanol–water partition coefficient (Wildman–Crippen LogP) is 12.0. The minimum absolute atomic E-state index is 0.566. The second-order valence-electron chi connectivity index (χ2n) is 12.0. The minimum Gasteiger partial charge on any atom is -0.456 e. The van der Waals surface area contributed by atoms with E-state index >= 15 is 0 Å². The molecule has 0 aliphatic rings. The first-order valence-electron chi connectivity index (χ1n) is 16.1. The molecule has 0 amide bonds. The quantitative estimate of drug-likeness (QED) is 0.193. The SMILES string of the molecule is c1ccc(-c2nc3c(o2)c(N(c2ccccc2)c2cccc4c2c2ccccc2n4-c2ccccc2)cc2oc4ccccc4c23)cc1. The number of furan rings is 1. The van der Waals surface area contributed by atoms with Gasteiger partial charge < -0.3 is 18.3 Å². The summed E-state index contributed by atoms with van der Waals surface area (Å²) in [6.07, 6.45) is 0. The van der Waals surface area contributed by atoms with E-state index in [0.29, 0.717) is 11.5 Å². The summed E-state index contributed by atoms with van der Waals surface area (Å²) in [6, 6.07) is 56.5. The average molecular weight is 618 g/mol. The van der Waals surface area contributed by atoms with Crippen molar-refractivity contribution in [2.24, 2.45) is 0 Å². The van der Waals surface area contributed by atoms with Crippen LogP contribution >= 0.6 is 0 Å². The smallest absolute Gasteiger partial charge is 0.227 e. The molecule has 5 nitrogen and oxygen atoms in total. The molecule has 0 radical (unpaired) electrons. The number of rotatable bonds is 5. The van der Waals surface area contributed by atoms with E-state index in [1.165, 1.54) is 0 Å². The molecule has 5 heteroatoms. The molecule has 0 aliphatic heterocycles. The van der Waals surface area contributed by atoms with Gasteiger partial charge in [-0.05, 0) is 60.7 Å². The Hall–Kier alpha value is -6.59. The van der Waals surface area contributed by atoms with Crippen molar-refractivity contribution in [1.82, 2.24) is 9.55 Å². The van der Waals surface area contributed by atoms with Crippen LogP contribution in [-0.4, -0.2) is 9.55 Å². The van der Waals surface area contributed by atoms with E-state index < -0.39 is 0 Å².